The molecular weight excluding hydrogens is 552 g/mol. The molecule has 5 aromatic rings. The average Bonchev–Trinajstić information content (AvgIpc) is 2.99. The lowest BCUT2D eigenvalue weighted by Gasteiger charge is -2.07. The molecule has 2 aromatic heterocycles. The van der Waals surface area contributed by atoms with Crippen LogP contribution < -0.4 is 10.9 Å². The van der Waals surface area contributed by atoms with Crippen molar-refractivity contribution in [2.24, 2.45) is 0 Å². The molecule has 0 atom stereocenters. The minimum atomic E-state index is -1.01. The highest BCUT2D eigenvalue weighted by atomic mass is 19.2. The van der Waals surface area contributed by atoms with E-state index in [0.29, 0.717) is 24.2 Å². The van der Waals surface area contributed by atoms with Crippen LogP contribution in [0.4, 0.5) is 14.5 Å². The maximum atomic E-state index is 13.5. The minimum absolute atomic E-state index is 0.0374. The molecule has 8 nitrogen and oxygen atoms in total. The predicted molar refractivity (Wildman–Crippen MR) is 160 cm³/mol. The van der Waals surface area contributed by atoms with Crippen LogP contribution in [0, 0.1) is 11.6 Å². The predicted octanol–water partition coefficient (Wildman–Crippen LogP) is 5.74. The number of Topliss-reactive ketones (excluding diaryl/α,β-unsaturated/α-hetero) is 1. The summed E-state index contributed by atoms with van der Waals surface area (Å²) in [5, 5.41) is 3.62. The zero-order valence-electron chi connectivity index (χ0n) is 23.3. The first kappa shape index (κ1) is 29.1. The Morgan fingerprint density at radius 2 is 1.74 bits per heavy atom. The fraction of sp³-hybridized carbons (Fsp3) is 0.152. The average molecular weight is 580 g/mol. The topological polar surface area (TPSA) is 107 Å². The summed E-state index contributed by atoms with van der Waals surface area (Å²) >= 11 is 0. The van der Waals surface area contributed by atoms with Crippen LogP contribution >= 0.6 is 0 Å². The summed E-state index contributed by atoms with van der Waals surface area (Å²) in [5.74, 6) is -1.78. The molecule has 0 aliphatic carbocycles. The standard InChI is InChI=1S/C33H27F2N5O3/c1-21(41)38-26-10-6-23(7-11-26)16-32-37-17-25-14-22(9-13-30(25)39-32)4-2-3-5-31(42)27-18-36-20-40(33(27)43)19-24-8-12-28(34)29(35)15-24/h2,4,6-15,17-18,20H,3,5,16,19H2,1H3,(H,38,41)/b4-2+. The Morgan fingerprint density at radius 3 is 2.51 bits per heavy atom. The minimum Gasteiger partial charge on any atom is -0.326 e. The zero-order valence-corrected chi connectivity index (χ0v) is 23.3. The Labute approximate surface area is 245 Å². The largest absolute Gasteiger partial charge is 0.326 e. The van der Waals surface area contributed by atoms with Gasteiger partial charge in [0.15, 0.2) is 17.4 Å². The summed E-state index contributed by atoms with van der Waals surface area (Å²) in [4.78, 5) is 49.9. The lowest BCUT2D eigenvalue weighted by molar-refractivity contribution is -0.114. The molecule has 0 radical (unpaired) electrons. The number of amides is 1. The summed E-state index contributed by atoms with van der Waals surface area (Å²) < 4.78 is 27.9. The van der Waals surface area contributed by atoms with Crippen molar-refractivity contribution in [2.45, 2.75) is 32.7 Å². The van der Waals surface area contributed by atoms with Crippen LogP contribution in [0.5, 0.6) is 0 Å². The fourth-order valence-electron chi connectivity index (χ4n) is 4.53. The van der Waals surface area contributed by atoms with E-state index >= 15 is 0 Å². The van der Waals surface area contributed by atoms with E-state index in [1.165, 1.54) is 30.1 Å². The van der Waals surface area contributed by atoms with Crippen LogP contribution in [-0.4, -0.2) is 31.2 Å². The summed E-state index contributed by atoms with van der Waals surface area (Å²) in [6.45, 7) is 1.43. The van der Waals surface area contributed by atoms with Crippen LogP contribution in [0.2, 0.25) is 0 Å². The smallest absolute Gasteiger partial charge is 0.264 e. The number of fused-ring (bicyclic) bond motifs is 1. The van der Waals surface area contributed by atoms with Gasteiger partial charge in [0.2, 0.25) is 5.91 Å². The number of rotatable bonds is 10. The number of hydrogen-bond acceptors (Lipinski definition) is 6. The number of nitrogens with one attached hydrogen (secondary N) is 1. The van der Waals surface area contributed by atoms with Gasteiger partial charge in [-0.15, -0.1) is 0 Å². The molecule has 43 heavy (non-hydrogen) atoms. The summed E-state index contributed by atoms with van der Waals surface area (Å²) in [5.41, 5.74) is 3.27. The van der Waals surface area contributed by atoms with E-state index in [-0.39, 0.29) is 30.2 Å². The molecule has 0 fully saturated rings. The number of benzene rings is 3. The third-order valence-corrected chi connectivity index (χ3v) is 6.68. The zero-order chi connectivity index (χ0) is 30.3. The summed E-state index contributed by atoms with van der Waals surface area (Å²) in [7, 11) is 0. The van der Waals surface area contributed by atoms with Gasteiger partial charge in [0.05, 0.1) is 18.4 Å². The number of carbonyl (C=O) groups is 2. The van der Waals surface area contributed by atoms with E-state index in [1.807, 2.05) is 54.6 Å². The van der Waals surface area contributed by atoms with Gasteiger partial charge in [0.25, 0.3) is 5.56 Å². The molecule has 0 aliphatic heterocycles. The summed E-state index contributed by atoms with van der Waals surface area (Å²) in [6, 6.07) is 16.7. The van der Waals surface area contributed by atoms with Gasteiger partial charge in [-0.1, -0.05) is 36.4 Å². The van der Waals surface area contributed by atoms with Crippen molar-refractivity contribution < 1.29 is 18.4 Å². The van der Waals surface area contributed by atoms with Crippen LogP contribution in [0.15, 0.2) is 90.3 Å². The number of nitrogens with zero attached hydrogens (tertiary/aromatic N) is 4. The van der Waals surface area contributed by atoms with Gasteiger partial charge in [0, 0.05) is 43.2 Å². The molecule has 0 spiro atoms. The summed E-state index contributed by atoms with van der Waals surface area (Å²) in [6.07, 6.45) is 9.08. The highest BCUT2D eigenvalue weighted by molar-refractivity contribution is 5.95. The second-order valence-electron chi connectivity index (χ2n) is 10.0. The van der Waals surface area contributed by atoms with Crippen LogP contribution in [0.25, 0.3) is 17.0 Å². The van der Waals surface area contributed by atoms with Crippen LogP contribution in [0.3, 0.4) is 0 Å². The van der Waals surface area contributed by atoms with Crippen LogP contribution in [-0.2, 0) is 17.8 Å². The second kappa shape index (κ2) is 13.1. The maximum Gasteiger partial charge on any atom is 0.264 e. The third kappa shape index (κ3) is 7.48. The second-order valence-corrected chi connectivity index (χ2v) is 10.0. The first-order valence-electron chi connectivity index (χ1n) is 13.6. The Morgan fingerprint density at radius 1 is 0.953 bits per heavy atom. The van der Waals surface area contributed by atoms with Crippen molar-refractivity contribution in [3.05, 3.63) is 136 Å². The number of allylic oxidation sites excluding steroid dienone is 1. The SMILES string of the molecule is CC(=O)Nc1ccc(Cc2ncc3cc(/C=C/CCC(=O)c4cncn(Cc5ccc(F)c(F)c5)c4=O)ccc3n2)cc1. The van der Waals surface area contributed by atoms with Crippen molar-refractivity contribution in [1.82, 2.24) is 19.5 Å². The van der Waals surface area contributed by atoms with Gasteiger partial charge in [-0.25, -0.2) is 23.7 Å². The number of hydrogen-bond donors (Lipinski definition) is 1. The molecule has 0 saturated carbocycles. The van der Waals surface area contributed by atoms with Crippen molar-refractivity contribution >= 4 is 34.4 Å². The van der Waals surface area contributed by atoms with E-state index in [9.17, 15) is 23.2 Å². The molecule has 0 aliphatic rings. The van der Waals surface area contributed by atoms with Gasteiger partial charge < -0.3 is 5.32 Å². The number of ketones is 1. The van der Waals surface area contributed by atoms with E-state index in [0.717, 1.165) is 39.8 Å². The van der Waals surface area contributed by atoms with Gasteiger partial charge in [-0.2, -0.15) is 0 Å². The molecule has 3 aromatic carbocycles. The molecule has 1 N–H and O–H groups in total. The van der Waals surface area contributed by atoms with Gasteiger partial charge >= 0.3 is 0 Å². The Balaban J connectivity index is 1.18. The van der Waals surface area contributed by atoms with Crippen molar-refractivity contribution in [3.8, 4) is 0 Å². The van der Waals surface area contributed by atoms with Gasteiger partial charge in [0.1, 0.15) is 11.4 Å². The van der Waals surface area contributed by atoms with Gasteiger partial charge in [-0.3, -0.25) is 19.0 Å². The number of aromatic nitrogens is 4. The normalized spacial score (nSPS) is 11.2. The first-order chi connectivity index (χ1) is 20.7. The molecular formula is C33H27F2N5O3. The molecule has 2 heterocycles. The first-order valence-corrected chi connectivity index (χ1v) is 13.6. The van der Waals surface area contributed by atoms with Crippen LogP contribution in [0.1, 0.15) is 52.6 Å². The van der Waals surface area contributed by atoms with E-state index < -0.39 is 17.2 Å². The highest BCUT2D eigenvalue weighted by Crippen LogP contribution is 2.18. The third-order valence-electron chi connectivity index (χ3n) is 6.68. The van der Waals surface area contributed by atoms with E-state index in [1.54, 1.807) is 6.20 Å². The molecule has 216 valence electrons. The molecule has 10 heteroatoms. The number of halogens is 2. The van der Waals surface area contributed by atoms with Crippen molar-refractivity contribution in [2.75, 3.05) is 5.32 Å². The van der Waals surface area contributed by atoms with Crippen molar-refractivity contribution in [3.63, 3.8) is 0 Å². The maximum absolute atomic E-state index is 13.5. The molecule has 1 amide bonds. The number of anilines is 1. The fourth-order valence-corrected chi connectivity index (χ4v) is 4.53. The quantitative estimate of drug-likeness (QED) is 0.212. The molecule has 0 saturated heterocycles. The number of carbonyl (C=O) groups excluding carboxylic acids is 2. The molecule has 0 bridgehead atoms. The van der Waals surface area contributed by atoms with Crippen molar-refractivity contribution in [1.29, 1.82) is 0 Å². The highest BCUT2D eigenvalue weighted by Gasteiger charge is 2.13. The molecule has 5 rings (SSSR count). The van der Waals surface area contributed by atoms with Gasteiger partial charge in [-0.05, 0) is 59.5 Å². The Kier molecular flexibility index (Phi) is 8.85. The van der Waals surface area contributed by atoms with E-state index in [4.69, 9.17) is 0 Å². The lowest BCUT2D eigenvalue weighted by atomic mass is 10.1. The lowest BCUT2D eigenvalue weighted by Crippen LogP contribution is -2.27. The monoisotopic (exact) mass is 579 g/mol. The van der Waals surface area contributed by atoms with E-state index in [2.05, 4.69) is 20.3 Å². The Hall–Kier alpha value is -5.38. The Bertz CT molecular complexity index is 1900. The molecule has 0 unspecified atom stereocenters.